The topological polar surface area (TPSA) is 104 Å². The Kier molecular flexibility index (Phi) is 4.41. The van der Waals surface area contributed by atoms with Gasteiger partial charge < -0.3 is 16.0 Å². The molecule has 7 nitrogen and oxygen atoms in total. The Morgan fingerprint density at radius 3 is 3.04 bits per heavy atom. The molecule has 8 heteroatoms. The van der Waals surface area contributed by atoms with Gasteiger partial charge in [0, 0.05) is 18.6 Å². The van der Waals surface area contributed by atoms with Gasteiger partial charge in [0.15, 0.2) is 11.5 Å². The van der Waals surface area contributed by atoms with E-state index in [0.29, 0.717) is 5.82 Å². The Hall–Kier alpha value is -2.24. The van der Waals surface area contributed by atoms with Crippen LogP contribution in [-0.2, 0) is 0 Å². The first-order valence-corrected chi connectivity index (χ1v) is 8.35. The fourth-order valence-corrected chi connectivity index (χ4v) is 3.38. The van der Waals surface area contributed by atoms with Crippen LogP contribution in [0, 0.1) is 18.3 Å². The van der Waals surface area contributed by atoms with Gasteiger partial charge in [0.2, 0.25) is 0 Å². The van der Waals surface area contributed by atoms with Crippen molar-refractivity contribution in [1.29, 1.82) is 5.26 Å². The van der Waals surface area contributed by atoms with E-state index in [0.717, 1.165) is 35.9 Å². The first-order valence-electron chi connectivity index (χ1n) is 7.58. The number of rotatable bonds is 3. The SMILES string of the molecule is Cc1cc(Nc2nc(N3CCC[C@H](N)[C@@H]3C)cnc2C#N)sn1. The van der Waals surface area contributed by atoms with Crippen molar-refractivity contribution in [3.63, 3.8) is 0 Å². The Morgan fingerprint density at radius 2 is 2.35 bits per heavy atom. The van der Waals surface area contributed by atoms with Gasteiger partial charge >= 0.3 is 0 Å². The summed E-state index contributed by atoms with van der Waals surface area (Å²) in [6, 6.07) is 4.32. The predicted molar refractivity (Wildman–Crippen MR) is 90.9 cm³/mol. The molecule has 2 aromatic rings. The van der Waals surface area contributed by atoms with Crippen molar-refractivity contribution in [3.05, 3.63) is 23.7 Å². The Labute approximate surface area is 139 Å². The van der Waals surface area contributed by atoms with Crippen molar-refractivity contribution in [2.24, 2.45) is 5.73 Å². The van der Waals surface area contributed by atoms with Crippen LogP contribution in [0.1, 0.15) is 31.2 Å². The molecule has 0 radical (unpaired) electrons. The van der Waals surface area contributed by atoms with Crippen LogP contribution in [0.2, 0.25) is 0 Å². The lowest BCUT2D eigenvalue weighted by Gasteiger charge is -2.38. The molecule has 1 saturated heterocycles. The predicted octanol–water partition coefficient (Wildman–Crippen LogP) is 2.17. The van der Waals surface area contributed by atoms with Crippen molar-refractivity contribution in [2.45, 2.75) is 38.8 Å². The molecule has 1 aliphatic heterocycles. The molecule has 3 heterocycles. The summed E-state index contributed by atoms with van der Waals surface area (Å²) >= 11 is 1.33. The highest BCUT2D eigenvalue weighted by Crippen LogP contribution is 2.26. The van der Waals surface area contributed by atoms with Crippen molar-refractivity contribution in [1.82, 2.24) is 14.3 Å². The van der Waals surface area contributed by atoms with Crippen molar-refractivity contribution in [2.75, 3.05) is 16.8 Å². The van der Waals surface area contributed by atoms with E-state index in [1.807, 2.05) is 13.0 Å². The summed E-state index contributed by atoms with van der Waals surface area (Å²) in [5.41, 5.74) is 7.36. The van der Waals surface area contributed by atoms with E-state index in [9.17, 15) is 5.26 Å². The molecule has 1 aliphatic rings. The van der Waals surface area contributed by atoms with Crippen molar-refractivity contribution >= 4 is 28.2 Å². The van der Waals surface area contributed by atoms with E-state index < -0.39 is 0 Å². The lowest BCUT2D eigenvalue weighted by molar-refractivity contribution is 0.418. The highest BCUT2D eigenvalue weighted by Gasteiger charge is 2.27. The van der Waals surface area contributed by atoms with Gasteiger partial charge in [0.1, 0.15) is 16.9 Å². The molecule has 1 fully saturated rings. The van der Waals surface area contributed by atoms with Crippen LogP contribution in [0.3, 0.4) is 0 Å². The fourth-order valence-electron chi connectivity index (χ4n) is 2.72. The maximum absolute atomic E-state index is 9.26. The lowest BCUT2D eigenvalue weighted by atomic mass is 9.98. The Morgan fingerprint density at radius 1 is 1.52 bits per heavy atom. The van der Waals surface area contributed by atoms with Crippen LogP contribution in [0.5, 0.6) is 0 Å². The molecule has 0 spiro atoms. The maximum Gasteiger partial charge on any atom is 0.183 e. The van der Waals surface area contributed by atoms with Gasteiger partial charge in [-0.2, -0.15) is 9.64 Å². The molecule has 120 valence electrons. The zero-order valence-electron chi connectivity index (χ0n) is 13.2. The molecule has 3 rings (SSSR count). The van der Waals surface area contributed by atoms with Gasteiger partial charge in [-0.05, 0) is 44.3 Å². The minimum Gasteiger partial charge on any atom is -0.351 e. The van der Waals surface area contributed by atoms with Gasteiger partial charge in [-0.3, -0.25) is 0 Å². The van der Waals surface area contributed by atoms with Crippen LogP contribution in [-0.4, -0.2) is 33.0 Å². The third-order valence-electron chi connectivity index (χ3n) is 4.08. The number of nitriles is 1. The summed E-state index contributed by atoms with van der Waals surface area (Å²) in [5, 5.41) is 13.3. The molecule has 0 bridgehead atoms. The minimum atomic E-state index is 0.127. The van der Waals surface area contributed by atoms with E-state index in [1.165, 1.54) is 11.5 Å². The normalized spacial score (nSPS) is 21.0. The molecule has 0 unspecified atom stereocenters. The molecule has 0 amide bonds. The fraction of sp³-hybridized carbons (Fsp3) is 0.467. The first kappa shape index (κ1) is 15.6. The highest BCUT2D eigenvalue weighted by atomic mass is 32.1. The number of piperidine rings is 1. The second-order valence-electron chi connectivity index (χ2n) is 5.73. The summed E-state index contributed by atoms with van der Waals surface area (Å²) < 4.78 is 4.22. The van der Waals surface area contributed by atoms with Crippen molar-refractivity contribution in [3.8, 4) is 6.07 Å². The number of aromatic nitrogens is 3. The van der Waals surface area contributed by atoms with Gasteiger partial charge in [0.25, 0.3) is 0 Å². The number of hydrogen-bond donors (Lipinski definition) is 2. The third kappa shape index (κ3) is 3.25. The second kappa shape index (κ2) is 6.48. The molecule has 2 aromatic heterocycles. The average molecular weight is 329 g/mol. The zero-order chi connectivity index (χ0) is 16.4. The second-order valence-corrected chi connectivity index (χ2v) is 6.54. The van der Waals surface area contributed by atoms with Crippen LogP contribution >= 0.6 is 11.5 Å². The number of anilines is 3. The summed E-state index contributed by atoms with van der Waals surface area (Å²) in [4.78, 5) is 11.0. The smallest absolute Gasteiger partial charge is 0.183 e. The average Bonchev–Trinajstić information content (AvgIpc) is 2.95. The monoisotopic (exact) mass is 329 g/mol. The third-order valence-corrected chi connectivity index (χ3v) is 4.87. The number of aryl methyl sites for hydroxylation is 1. The van der Waals surface area contributed by atoms with E-state index in [-0.39, 0.29) is 17.8 Å². The molecule has 23 heavy (non-hydrogen) atoms. The van der Waals surface area contributed by atoms with Crippen LogP contribution in [0.4, 0.5) is 16.6 Å². The van der Waals surface area contributed by atoms with Gasteiger partial charge in [-0.15, -0.1) is 0 Å². The number of nitrogens with zero attached hydrogens (tertiary/aromatic N) is 5. The van der Waals surface area contributed by atoms with E-state index in [2.05, 4.69) is 37.6 Å². The summed E-state index contributed by atoms with van der Waals surface area (Å²) in [6.07, 6.45) is 3.70. The van der Waals surface area contributed by atoms with Crippen molar-refractivity contribution < 1.29 is 0 Å². The molecule has 2 atom stereocenters. The van der Waals surface area contributed by atoms with Gasteiger partial charge in [0.05, 0.1) is 11.9 Å². The standard InChI is InChI=1S/C15H19N7S/c1-9-6-14(23-21-9)20-15-12(7-16)18-8-13(19-15)22-5-3-4-11(17)10(22)2/h6,8,10-11H,3-5,17H2,1-2H3,(H,19,20)/t10-,11-/m0/s1. The van der Waals surface area contributed by atoms with Gasteiger partial charge in [-0.25, -0.2) is 9.97 Å². The van der Waals surface area contributed by atoms with E-state index >= 15 is 0 Å². The molecule has 0 saturated carbocycles. The quantitative estimate of drug-likeness (QED) is 0.889. The summed E-state index contributed by atoms with van der Waals surface area (Å²) in [7, 11) is 0. The first-order chi connectivity index (χ1) is 11.1. The van der Waals surface area contributed by atoms with Crippen LogP contribution in [0.15, 0.2) is 12.3 Å². The van der Waals surface area contributed by atoms with E-state index in [4.69, 9.17) is 5.73 Å². The van der Waals surface area contributed by atoms with Crippen LogP contribution in [0.25, 0.3) is 0 Å². The molecule has 0 aromatic carbocycles. The maximum atomic E-state index is 9.26. The Bertz CT molecular complexity index is 736. The van der Waals surface area contributed by atoms with Crippen LogP contribution < -0.4 is 16.0 Å². The molecule has 3 N–H and O–H groups in total. The molecular weight excluding hydrogens is 310 g/mol. The number of hydrogen-bond acceptors (Lipinski definition) is 8. The molecular formula is C15H19N7S. The summed E-state index contributed by atoms with van der Waals surface area (Å²) in [5.74, 6) is 1.20. The van der Waals surface area contributed by atoms with Gasteiger partial charge in [-0.1, -0.05) is 0 Å². The zero-order valence-corrected chi connectivity index (χ0v) is 14.0. The van der Waals surface area contributed by atoms with E-state index in [1.54, 1.807) is 6.20 Å². The highest BCUT2D eigenvalue weighted by molar-refractivity contribution is 7.10. The largest absolute Gasteiger partial charge is 0.351 e. The number of nitrogens with two attached hydrogens (primary N) is 1. The lowest BCUT2D eigenvalue weighted by Crippen LogP contribution is -2.50. The minimum absolute atomic E-state index is 0.127. The summed E-state index contributed by atoms with van der Waals surface area (Å²) in [6.45, 7) is 4.92. The number of nitrogens with one attached hydrogen (secondary N) is 1. The molecule has 0 aliphatic carbocycles. The Balaban J connectivity index is 1.91.